The largest absolute Gasteiger partial charge is 0.417 e. The third kappa shape index (κ3) is 6.07. The first kappa shape index (κ1) is 22.3. The molecule has 10 heteroatoms. The summed E-state index contributed by atoms with van der Waals surface area (Å²) in [5.74, 6) is 0. The molecule has 160 valence electrons. The van der Waals surface area contributed by atoms with Gasteiger partial charge < -0.3 is 10.6 Å². The lowest BCUT2D eigenvalue weighted by atomic mass is 10.1. The molecule has 3 N–H and O–H groups in total. The molecule has 1 aliphatic rings. The number of benzene rings is 2. The number of nitrogens with two attached hydrogens (primary N) is 1. The van der Waals surface area contributed by atoms with Crippen LogP contribution in [0.3, 0.4) is 0 Å². The number of hydrogen-bond acceptors (Lipinski definition) is 4. The zero-order valence-corrected chi connectivity index (χ0v) is 17.6. The molecule has 0 bridgehead atoms. The Labute approximate surface area is 183 Å². The van der Waals surface area contributed by atoms with Crippen molar-refractivity contribution in [1.29, 1.82) is 0 Å². The lowest BCUT2D eigenvalue weighted by Crippen LogP contribution is -2.46. The normalized spacial score (nSPS) is 15.5. The average molecular weight is 456 g/mol. The summed E-state index contributed by atoms with van der Waals surface area (Å²) in [6.45, 7) is 3.77. The fourth-order valence-corrected chi connectivity index (χ4v) is 3.60. The smallest absolute Gasteiger partial charge is 0.375 e. The molecule has 5 nitrogen and oxygen atoms in total. The van der Waals surface area contributed by atoms with Crippen LogP contribution in [0.1, 0.15) is 16.7 Å². The van der Waals surface area contributed by atoms with Gasteiger partial charge in [-0.15, -0.1) is 0 Å². The second-order valence-corrected chi connectivity index (χ2v) is 7.77. The van der Waals surface area contributed by atoms with Crippen LogP contribution in [0, 0.1) is 0 Å². The van der Waals surface area contributed by atoms with Crippen molar-refractivity contribution in [2.75, 3.05) is 31.1 Å². The highest BCUT2D eigenvalue weighted by atomic mass is 35.5. The van der Waals surface area contributed by atoms with E-state index in [1.54, 1.807) is 0 Å². The fourth-order valence-electron chi connectivity index (χ4n) is 3.33. The summed E-state index contributed by atoms with van der Waals surface area (Å²) in [5.41, 5.74) is 8.58. The monoisotopic (exact) mass is 455 g/mol. The third-order valence-corrected chi connectivity index (χ3v) is 5.08. The zero-order chi connectivity index (χ0) is 21.7. The Morgan fingerprint density at radius 2 is 1.90 bits per heavy atom. The molecule has 1 fully saturated rings. The first-order chi connectivity index (χ1) is 14.2. The van der Waals surface area contributed by atoms with Crippen LogP contribution in [0.4, 0.5) is 18.9 Å². The van der Waals surface area contributed by atoms with Crippen molar-refractivity contribution in [3.63, 3.8) is 0 Å². The van der Waals surface area contributed by atoms with Gasteiger partial charge in [-0.3, -0.25) is 10.3 Å². The third-order valence-electron chi connectivity index (χ3n) is 4.75. The van der Waals surface area contributed by atoms with Gasteiger partial charge in [0, 0.05) is 49.0 Å². The summed E-state index contributed by atoms with van der Waals surface area (Å²) >= 11 is 10.7. The fraction of sp³-hybridized carbons (Fsp3) is 0.300. The van der Waals surface area contributed by atoms with E-state index in [0.29, 0.717) is 23.8 Å². The second kappa shape index (κ2) is 9.63. The number of thiocarbonyl (C=S) groups is 1. The van der Waals surface area contributed by atoms with E-state index < -0.39 is 11.7 Å². The number of nitrogens with zero attached hydrogens (tertiary/aromatic N) is 3. The highest BCUT2D eigenvalue weighted by molar-refractivity contribution is 7.80. The molecule has 1 aliphatic heterocycles. The molecule has 1 saturated heterocycles. The van der Waals surface area contributed by atoms with Crippen molar-refractivity contribution < 1.29 is 13.2 Å². The van der Waals surface area contributed by atoms with Gasteiger partial charge in [0.15, 0.2) is 5.11 Å². The number of rotatable bonds is 5. The number of nitrogens with one attached hydrogen (secondary N) is 1. The van der Waals surface area contributed by atoms with Crippen molar-refractivity contribution in [2.45, 2.75) is 12.7 Å². The molecular weight excluding hydrogens is 435 g/mol. The quantitative estimate of drug-likeness (QED) is 0.407. The van der Waals surface area contributed by atoms with Gasteiger partial charge in [0.2, 0.25) is 0 Å². The minimum Gasteiger partial charge on any atom is -0.375 e. The van der Waals surface area contributed by atoms with E-state index in [1.807, 2.05) is 24.3 Å². The summed E-state index contributed by atoms with van der Waals surface area (Å²) in [4.78, 5) is 4.35. The number of hydrogen-bond donors (Lipinski definition) is 2. The molecular formula is C20H21ClF3N5S. The van der Waals surface area contributed by atoms with Gasteiger partial charge in [0.1, 0.15) is 0 Å². The van der Waals surface area contributed by atoms with Crippen LogP contribution >= 0.6 is 23.8 Å². The van der Waals surface area contributed by atoms with Gasteiger partial charge in [-0.25, -0.2) is 0 Å². The maximum absolute atomic E-state index is 13.3. The predicted octanol–water partition coefficient (Wildman–Crippen LogP) is 3.85. The lowest BCUT2D eigenvalue weighted by Gasteiger charge is -2.36. The van der Waals surface area contributed by atoms with Gasteiger partial charge in [-0.2, -0.15) is 18.3 Å². The lowest BCUT2D eigenvalue weighted by molar-refractivity contribution is -0.137. The van der Waals surface area contributed by atoms with Gasteiger partial charge >= 0.3 is 6.18 Å². The minimum absolute atomic E-state index is 0.0508. The summed E-state index contributed by atoms with van der Waals surface area (Å²) in [5, 5.41) is 4.27. The Balaban J connectivity index is 1.70. The summed E-state index contributed by atoms with van der Waals surface area (Å²) in [7, 11) is 0. The van der Waals surface area contributed by atoms with E-state index >= 15 is 0 Å². The summed E-state index contributed by atoms with van der Waals surface area (Å²) in [6.07, 6.45) is -3.40. The molecule has 1 heterocycles. The molecule has 0 radical (unpaired) electrons. The molecule has 30 heavy (non-hydrogen) atoms. The van der Waals surface area contributed by atoms with Gasteiger partial charge in [0.05, 0.1) is 11.8 Å². The van der Waals surface area contributed by atoms with Crippen molar-refractivity contribution >= 4 is 40.8 Å². The molecule has 2 aromatic carbocycles. The predicted molar refractivity (Wildman–Crippen MR) is 118 cm³/mol. The Kier molecular flexibility index (Phi) is 7.17. The standard InChI is InChI=1S/C20H21ClF3N5S/c21-16-3-1-2-14(10-16)13-28-6-8-29(9-7-28)17-4-5-18(20(22,23)24)15(11-17)12-26-27-19(25)30/h1-5,10-12H,6-9,13H2,(H3,25,27,30)/b26-12+. The Hall–Kier alpha value is -2.36. The topological polar surface area (TPSA) is 56.9 Å². The maximum atomic E-state index is 13.3. The van der Waals surface area contributed by atoms with Crippen LogP contribution in [0.2, 0.25) is 5.02 Å². The second-order valence-electron chi connectivity index (χ2n) is 6.90. The molecule has 0 saturated carbocycles. The highest BCUT2D eigenvalue weighted by Gasteiger charge is 2.33. The van der Waals surface area contributed by atoms with Crippen LogP contribution in [-0.4, -0.2) is 42.4 Å². The molecule has 0 aromatic heterocycles. The van der Waals surface area contributed by atoms with Crippen molar-refractivity contribution in [1.82, 2.24) is 10.3 Å². The van der Waals surface area contributed by atoms with E-state index in [2.05, 4.69) is 32.5 Å². The SMILES string of the molecule is NC(=S)N/N=C/c1cc(N2CCN(Cc3cccc(Cl)c3)CC2)ccc1C(F)(F)F. The van der Waals surface area contributed by atoms with E-state index in [9.17, 15) is 13.2 Å². The van der Waals surface area contributed by atoms with Gasteiger partial charge in [-0.05, 0) is 48.1 Å². The number of alkyl halides is 3. The van der Waals surface area contributed by atoms with Crippen LogP contribution in [0.5, 0.6) is 0 Å². The first-order valence-electron chi connectivity index (χ1n) is 9.24. The van der Waals surface area contributed by atoms with Gasteiger partial charge in [0.25, 0.3) is 0 Å². The van der Waals surface area contributed by atoms with Gasteiger partial charge in [-0.1, -0.05) is 23.7 Å². The molecule has 0 amide bonds. The molecule has 3 rings (SSSR count). The Bertz CT molecular complexity index is 927. The summed E-state index contributed by atoms with van der Waals surface area (Å²) < 4.78 is 40.0. The molecule has 0 atom stereocenters. The molecule has 0 spiro atoms. The summed E-state index contributed by atoms with van der Waals surface area (Å²) in [6, 6.07) is 11.8. The number of anilines is 1. The average Bonchev–Trinajstić information content (AvgIpc) is 2.67. The Morgan fingerprint density at radius 3 is 2.53 bits per heavy atom. The Morgan fingerprint density at radius 1 is 1.17 bits per heavy atom. The van der Waals surface area contributed by atoms with Crippen LogP contribution in [0.25, 0.3) is 0 Å². The first-order valence-corrected chi connectivity index (χ1v) is 10.0. The number of halogens is 4. The van der Waals surface area contributed by atoms with Crippen molar-refractivity contribution in [2.24, 2.45) is 10.8 Å². The van der Waals surface area contributed by atoms with Crippen LogP contribution < -0.4 is 16.1 Å². The van der Waals surface area contributed by atoms with E-state index in [1.165, 1.54) is 12.1 Å². The zero-order valence-electron chi connectivity index (χ0n) is 16.0. The van der Waals surface area contributed by atoms with Crippen molar-refractivity contribution in [3.05, 3.63) is 64.2 Å². The number of piperazine rings is 1. The van der Waals surface area contributed by atoms with E-state index in [4.69, 9.17) is 17.3 Å². The molecule has 0 unspecified atom stereocenters. The maximum Gasteiger partial charge on any atom is 0.417 e. The van der Waals surface area contributed by atoms with Crippen LogP contribution in [-0.2, 0) is 12.7 Å². The number of hydrazone groups is 1. The van der Waals surface area contributed by atoms with E-state index in [-0.39, 0.29) is 10.7 Å². The minimum atomic E-state index is -4.49. The van der Waals surface area contributed by atoms with Crippen molar-refractivity contribution in [3.8, 4) is 0 Å². The molecule has 0 aliphatic carbocycles. The molecule has 2 aromatic rings. The van der Waals surface area contributed by atoms with Crippen LogP contribution in [0.15, 0.2) is 47.6 Å². The van der Waals surface area contributed by atoms with E-state index in [0.717, 1.165) is 37.5 Å². The highest BCUT2D eigenvalue weighted by Crippen LogP contribution is 2.33.